The highest BCUT2D eigenvalue weighted by Gasteiger charge is 2.16. The molecule has 1 heterocycles. The van der Waals surface area contributed by atoms with Crippen molar-refractivity contribution in [1.29, 1.82) is 0 Å². The minimum Gasteiger partial charge on any atom is -0.495 e. The number of methoxy groups -OCH3 is 1. The van der Waals surface area contributed by atoms with Crippen LogP contribution in [0.25, 0.3) is 0 Å². The van der Waals surface area contributed by atoms with Gasteiger partial charge in [-0.1, -0.05) is 23.7 Å². The van der Waals surface area contributed by atoms with Crippen molar-refractivity contribution in [3.63, 3.8) is 0 Å². The molecule has 0 fully saturated rings. The third kappa shape index (κ3) is 2.94. The Kier molecular flexibility index (Phi) is 4.63. The summed E-state index contributed by atoms with van der Waals surface area (Å²) in [6.45, 7) is 4.02. The molecule has 0 spiro atoms. The van der Waals surface area contributed by atoms with E-state index in [0.717, 1.165) is 22.5 Å². The average Bonchev–Trinajstić information content (AvgIpc) is 2.43. The molecule has 1 atom stereocenters. The number of pyridine rings is 1. The summed E-state index contributed by atoms with van der Waals surface area (Å²) in [5.41, 5.74) is 4.30. The van der Waals surface area contributed by atoms with Crippen LogP contribution < -0.4 is 10.1 Å². The number of halogens is 1. The fourth-order valence-corrected chi connectivity index (χ4v) is 2.55. The van der Waals surface area contributed by atoms with Crippen LogP contribution in [0.15, 0.2) is 30.3 Å². The van der Waals surface area contributed by atoms with Gasteiger partial charge in [-0.25, -0.2) is 0 Å². The first-order chi connectivity index (χ1) is 9.56. The molecule has 0 aliphatic carbocycles. The van der Waals surface area contributed by atoms with Gasteiger partial charge in [-0.15, -0.1) is 0 Å². The molecule has 0 saturated carbocycles. The van der Waals surface area contributed by atoms with E-state index >= 15 is 0 Å². The Morgan fingerprint density at radius 2 is 1.95 bits per heavy atom. The first kappa shape index (κ1) is 14.8. The molecule has 106 valence electrons. The summed E-state index contributed by atoms with van der Waals surface area (Å²) < 4.78 is 5.29. The number of nitrogens with one attached hydrogen (secondary N) is 1. The van der Waals surface area contributed by atoms with E-state index in [1.54, 1.807) is 7.11 Å². The molecular formula is C16H19ClN2O. The number of rotatable bonds is 4. The smallest absolute Gasteiger partial charge is 0.137 e. The van der Waals surface area contributed by atoms with E-state index in [4.69, 9.17) is 16.3 Å². The van der Waals surface area contributed by atoms with Crippen LogP contribution in [0.4, 0.5) is 0 Å². The molecule has 1 unspecified atom stereocenters. The molecule has 1 aromatic carbocycles. The predicted octanol–water partition coefficient (Wildman–Crippen LogP) is 3.67. The molecule has 0 aliphatic rings. The average molecular weight is 291 g/mol. The molecule has 1 aromatic heterocycles. The molecule has 0 bridgehead atoms. The van der Waals surface area contributed by atoms with Crippen LogP contribution in [-0.4, -0.2) is 19.1 Å². The summed E-state index contributed by atoms with van der Waals surface area (Å²) in [7, 11) is 3.56. The van der Waals surface area contributed by atoms with Gasteiger partial charge in [-0.2, -0.15) is 0 Å². The lowest BCUT2D eigenvalue weighted by Crippen LogP contribution is -2.19. The van der Waals surface area contributed by atoms with Crippen molar-refractivity contribution < 1.29 is 4.74 Å². The number of nitrogens with zero attached hydrogens (tertiary/aromatic N) is 1. The number of ether oxygens (including phenoxy) is 1. The normalized spacial score (nSPS) is 12.2. The van der Waals surface area contributed by atoms with Crippen LogP contribution in [0.1, 0.15) is 28.6 Å². The van der Waals surface area contributed by atoms with Gasteiger partial charge in [0.15, 0.2) is 0 Å². The largest absolute Gasteiger partial charge is 0.495 e. The van der Waals surface area contributed by atoms with Gasteiger partial charge >= 0.3 is 0 Å². The van der Waals surface area contributed by atoms with Crippen LogP contribution in [0.5, 0.6) is 5.75 Å². The molecule has 2 rings (SSSR count). The maximum absolute atomic E-state index is 6.08. The van der Waals surface area contributed by atoms with E-state index in [2.05, 4.69) is 16.4 Å². The van der Waals surface area contributed by atoms with E-state index < -0.39 is 0 Å². The lowest BCUT2D eigenvalue weighted by molar-refractivity contribution is 0.414. The molecule has 3 nitrogen and oxygen atoms in total. The highest BCUT2D eigenvalue weighted by atomic mass is 35.5. The van der Waals surface area contributed by atoms with Crippen molar-refractivity contribution in [2.45, 2.75) is 19.9 Å². The van der Waals surface area contributed by atoms with Crippen molar-refractivity contribution >= 4 is 11.6 Å². The minimum atomic E-state index is 0.0641. The molecule has 0 amide bonds. The molecule has 0 radical (unpaired) electrons. The van der Waals surface area contributed by atoms with Gasteiger partial charge in [0.1, 0.15) is 5.75 Å². The number of hydrogen-bond acceptors (Lipinski definition) is 3. The van der Waals surface area contributed by atoms with Gasteiger partial charge in [0.05, 0.1) is 18.2 Å². The van der Waals surface area contributed by atoms with Crippen molar-refractivity contribution in [1.82, 2.24) is 10.3 Å². The zero-order valence-electron chi connectivity index (χ0n) is 12.2. The van der Waals surface area contributed by atoms with Gasteiger partial charge in [-0.3, -0.25) is 4.98 Å². The molecule has 0 aliphatic heterocycles. The fraction of sp³-hybridized carbons (Fsp3) is 0.312. The minimum absolute atomic E-state index is 0.0641. The quantitative estimate of drug-likeness (QED) is 0.933. The van der Waals surface area contributed by atoms with E-state index in [1.807, 2.05) is 45.2 Å². The fourth-order valence-electron chi connectivity index (χ4n) is 2.36. The Morgan fingerprint density at radius 1 is 1.20 bits per heavy atom. The second kappa shape index (κ2) is 6.25. The maximum atomic E-state index is 6.08. The van der Waals surface area contributed by atoms with Crippen LogP contribution >= 0.6 is 11.6 Å². The zero-order chi connectivity index (χ0) is 14.7. The lowest BCUT2D eigenvalue weighted by atomic mass is 9.97. The number of aromatic nitrogens is 1. The zero-order valence-corrected chi connectivity index (χ0v) is 13.0. The van der Waals surface area contributed by atoms with Crippen molar-refractivity contribution in [3.05, 3.63) is 57.9 Å². The SMILES string of the molecule is CNC(c1ccc(Cl)c(OC)c1)c1ccc(C)nc1C. The lowest BCUT2D eigenvalue weighted by Gasteiger charge is -2.20. The van der Waals surface area contributed by atoms with E-state index in [9.17, 15) is 0 Å². The van der Waals surface area contributed by atoms with Crippen molar-refractivity contribution in [3.8, 4) is 5.75 Å². The topological polar surface area (TPSA) is 34.1 Å². The summed E-state index contributed by atoms with van der Waals surface area (Å²) in [6, 6.07) is 10.0. The number of benzene rings is 1. The highest BCUT2D eigenvalue weighted by molar-refractivity contribution is 6.32. The standard InChI is InChI=1S/C16H19ClN2O/c1-10-5-7-13(11(2)19-10)16(18-3)12-6-8-14(17)15(9-12)20-4/h5-9,16,18H,1-4H3. The number of hydrogen-bond donors (Lipinski definition) is 1. The summed E-state index contributed by atoms with van der Waals surface area (Å²) in [5.74, 6) is 0.683. The Morgan fingerprint density at radius 3 is 2.55 bits per heavy atom. The molecule has 2 aromatic rings. The third-order valence-electron chi connectivity index (χ3n) is 3.37. The van der Waals surface area contributed by atoms with Crippen LogP contribution in [0.3, 0.4) is 0 Å². The summed E-state index contributed by atoms with van der Waals surface area (Å²) >= 11 is 6.08. The molecule has 20 heavy (non-hydrogen) atoms. The van der Waals surface area contributed by atoms with Gasteiger partial charge in [-0.05, 0) is 50.2 Å². The first-order valence-corrected chi connectivity index (χ1v) is 6.89. The number of aryl methyl sites for hydroxylation is 2. The second-order valence-corrected chi connectivity index (χ2v) is 5.15. The predicted molar refractivity (Wildman–Crippen MR) is 82.6 cm³/mol. The molecule has 0 saturated heterocycles. The third-order valence-corrected chi connectivity index (χ3v) is 3.69. The first-order valence-electron chi connectivity index (χ1n) is 6.51. The molecule has 4 heteroatoms. The van der Waals surface area contributed by atoms with Crippen LogP contribution in [0.2, 0.25) is 5.02 Å². The van der Waals surface area contributed by atoms with Gasteiger partial charge in [0.2, 0.25) is 0 Å². The maximum Gasteiger partial charge on any atom is 0.137 e. The summed E-state index contributed by atoms with van der Waals surface area (Å²) in [6.07, 6.45) is 0. The van der Waals surface area contributed by atoms with Crippen molar-refractivity contribution in [2.24, 2.45) is 0 Å². The second-order valence-electron chi connectivity index (χ2n) is 4.74. The monoisotopic (exact) mass is 290 g/mol. The van der Waals surface area contributed by atoms with E-state index in [1.165, 1.54) is 0 Å². The van der Waals surface area contributed by atoms with Crippen molar-refractivity contribution in [2.75, 3.05) is 14.2 Å². The van der Waals surface area contributed by atoms with E-state index in [-0.39, 0.29) is 6.04 Å². The molecule has 1 N–H and O–H groups in total. The highest BCUT2D eigenvalue weighted by Crippen LogP contribution is 2.31. The van der Waals surface area contributed by atoms with Gasteiger partial charge in [0.25, 0.3) is 0 Å². The Hall–Kier alpha value is -1.58. The Labute approximate surface area is 124 Å². The van der Waals surface area contributed by atoms with Crippen LogP contribution in [0, 0.1) is 13.8 Å². The summed E-state index contributed by atoms with van der Waals surface area (Å²) in [4.78, 5) is 4.53. The van der Waals surface area contributed by atoms with E-state index in [0.29, 0.717) is 10.8 Å². The van der Waals surface area contributed by atoms with Gasteiger partial charge in [0, 0.05) is 11.4 Å². The Balaban J connectivity index is 2.46. The Bertz CT molecular complexity index is 613. The van der Waals surface area contributed by atoms with Crippen LogP contribution in [-0.2, 0) is 0 Å². The summed E-state index contributed by atoms with van der Waals surface area (Å²) in [5, 5.41) is 3.94. The molecular weight excluding hydrogens is 272 g/mol. The van der Waals surface area contributed by atoms with Gasteiger partial charge < -0.3 is 10.1 Å².